The summed E-state index contributed by atoms with van der Waals surface area (Å²) in [6.07, 6.45) is -4.08. The number of aliphatic hydroxyl groups excluding tert-OH is 3. The van der Waals surface area contributed by atoms with Gasteiger partial charge in [-0.05, 0) is 12.1 Å². The summed E-state index contributed by atoms with van der Waals surface area (Å²) < 4.78 is 25.4. The number of ether oxygens (including phenoxy) is 1. The summed E-state index contributed by atoms with van der Waals surface area (Å²) in [5, 5.41) is 33.4. The van der Waals surface area contributed by atoms with E-state index in [1.165, 1.54) is 12.1 Å². The zero-order valence-corrected chi connectivity index (χ0v) is 14.3. The van der Waals surface area contributed by atoms with Crippen LogP contribution >= 0.6 is 0 Å². The van der Waals surface area contributed by atoms with Gasteiger partial charge in [0.1, 0.15) is 29.8 Å². The number of nitrogens with zero attached hydrogens (tertiary/aromatic N) is 3. The molecule has 1 aromatic carbocycles. The molecule has 3 aromatic rings. The van der Waals surface area contributed by atoms with E-state index in [0.29, 0.717) is 5.39 Å². The van der Waals surface area contributed by atoms with Crippen molar-refractivity contribution in [3.63, 3.8) is 0 Å². The molecule has 3 N–H and O–H groups in total. The molecule has 1 saturated heterocycles. The molecule has 0 saturated carbocycles. The van der Waals surface area contributed by atoms with Crippen molar-refractivity contribution in [2.75, 3.05) is 6.61 Å². The molecule has 0 aliphatic carbocycles. The third kappa shape index (κ3) is 2.94. The smallest absolute Gasteiger partial charge is 0.333 e. The van der Waals surface area contributed by atoms with Gasteiger partial charge in [0.2, 0.25) is 0 Å². The van der Waals surface area contributed by atoms with Crippen LogP contribution in [0, 0.1) is 5.82 Å². The normalized spacial score (nSPS) is 24.9. The Labute approximate surface area is 155 Å². The van der Waals surface area contributed by atoms with E-state index in [2.05, 4.69) is 5.16 Å². The van der Waals surface area contributed by atoms with Crippen molar-refractivity contribution in [2.24, 2.45) is 0 Å². The van der Waals surface area contributed by atoms with E-state index < -0.39 is 48.2 Å². The Morgan fingerprint density at radius 2 is 1.96 bits per heavy atom. The fourth-order valence-electron chi connectivity index (χ4n) is 3.21. The van der Waals surface area contributed by atoms with Crippen molar-refractivity contribution < 1.29 is 29.0 Å². The first-order valence-electron chi connectivity index (χ1n) is 8.39. The number of halogens is 1. The maximum Gasteiger partial charge on any atom is 0.333 e. The average molecular weight is 393 g/mol. The van der Waals surface area contributed by atoms with Crippen molar-refractivity contribution in [3.05, 3.63) is 62.8 Å². The summed E-state index contributed by atoms with van der Waals surface area (Å²) in [4.78, 5) is 25.0. The first kappa shape index (κ1) is 18.5. The van der Waals surface area contributed by atoms with Gasteiger partial charge in [-0.15, -0.1) is 0 Å². The van der Waals surface area contributed by atoms with Crippen LogP contribution in [-0.4, -0.2) is 54.5 Å². The molecule has 148 valence electrons. The number of benzene rings is 1. The summed E-state index contributed by atoms with van der Waals surface area (Å²) in [6, 6.07) is 4.86. The van der Waals surface area contributed by atoms with E-state index >= 15 is 0 Å². The first-order valence-corrected chi connectivity index (χ1v) is 8.39. The maximum absolute atomic E-state index is 13.3. The number of hydrogen-bond acceptors (Lipinski definition) is 8. The minimum atomic E-state index is -1.48. The van der Waals surface area contributed by atoms with E-state index in [-0.39, 0.29) is 17.8 Å². The van der Waals surface area contributed by atoms with Crippen LogP contribution in [0.3, 0.4) is 0 Å². The predicted octanol–water partition coefficient (Wildman–Crippen LogP) is -1.05. The van der Waals surface area contributed by atoms with Crippen LogP contribution in [0.2, 0.25) is 0 Å². The number of fused-ring (bicyclic) bond motifs is 1. The lowest BCUT2D eigenvalue weighted by atomic mass is 10.1. The second-order valence-corrected chi connectivity index (χ2v) is 6.43. The van der Waals surface area contributed by atoms with Crippen molar-refractivity contribution >= 4 is 11.0 Å². The van der Waals surface area contributed by atoms with Gasteiger partial charge in [-0.1, -0.05) is 5.16 Å². The molecule has 10 nitrogen and oxygen atoms in total. The molecule has 1 fully saturated rings. The van der Waals surface area contributed by atoms with Crippen molar-refractivity contribution in [1.29, 1.82) is 0 Å². The number of aromatic nitrogens is 3. The van der Waals surface area contributed by atoms with Gasteiger partial charge in [0.15, 0.2) is 11.8 Å². The zero-order chi connectivity index (χ0) is 20.0. The van der Waals surface area contributed by atoms with Gasteiger partial charge in [0, 0.05) is 23.7 Å². The van der Waals surface area contributed by atoms with Gasteiger partial charge in [0.05, 0.1) is 13.2 Å². The average Bonchev–Trinajstić information content (AvgIpc) is 3.20. The molecule has 4 rings (SSSR count). The van der Waals surface area contributed by atoms with Crippen LogP contribution in [0.1, 0.15) is 11.9 Å². The Kier molecular flexibility index (Phi) is 4.59. The minimum absolute atomic E-state index is 0.169. The van der Waals surface area contributed by atoms with Gasteiger partial charge in [0.25, 0.3) is 5.56 Å². The Morgan fingerprint density at radius 1 is 1.18 bits per heavy atom. The maximum atomic E-state index is 13.3. The third-order valence-corrected chi connectivity index (χ3v) is 4.70. The molecule has 2 aromatic heterocycles. The third-order valence-electron chi connectivity index (χ3n) is 4.70. The van der Waals surface area contributed by atoms with Gasteiger partial charge >= 0.3 is 5.69 Å². The Bertz CT molecular complexity index is 1140. The highest BCUT2D eigenvalue weighted by atomic mass is 19.1. The SMILES string of the molecule is O=c1ccn([C@@H]2O[C@H](CO)C(O)C2O)c(=O)n1Cc1noc2cc(F)ccc12. The molecule has 1 aliphatic heterocycles. The van der Waals surface area contributed by atoms with E-state index in [1.54, 1.807) is 0 Å². The van der Waals surface area contributed by atoms with Crippen molar-refractivity contribution in [2.45, 2.75) is 31.1 Å². The zero-order valence-electron chi connectivity index (χ0n) is 14.3. The molecule has 3 heterocycles. The topological polar surface area (TPSA) is 140 Å². The van der Waals surface area contributed by atoms with Gasteiger partial charge < -0.3 is 24.6 Å². The Hall–Kier alpha value is -2.86. The van der Waals surface area contributed by atoms with Crippen LogP contribution in [0.15, 0.2) is 44.6 Å². The highest BCUT2D eigenvalue weighted by Crippen LogP contribution is 2.28. The summed E-state index contributed by atoms with van der Waals surface area (Å²) in [5.74, 6) is -0.515. The molecule has 0 radical (unpaired) electrons. The molecular formula is C17H16FN3O7. The minimum Gasteiger partial charge on any atom is -0.394 e. The van der Waals surface area contributed by atoms with E-state index in [9.17, 15) is 29.3 Å². The van der Waals surface area contributed by atoms with Gasteiger partial charge in [-0.3, -0.25) is 13.9 Å². The molecule has 4 atom stereocenters. The lowest BCUT2D eigenvalue weighted by Gasteiger charge is -2.18. The van der Waals surface area contributed by atoms with E-state index in [4.69, 9.17) is 9.26 Å². The predicted molar refractivity (Wildman–Crippen MR) is 91.0 cm³/mol. The number of rotatable bonds is 4. The largest absolute Gasteiger partial charge is 0.394 e. The van der Waals surface area contributed by atoms with Crippen LogP contribution < -0.4 is 11.2 Å². The summed E-state index contributed by atoms with van der Waals surface area (Å²) >= 11 is 0. The van der Waals surface area contributed by atoms with Crippen molar-refractivity contribution in [1.82, 2.24) is 14.3 Å². The molecule has 28 heavy (non-hydrogen) atoms. The number of hydrogen-bond donors (Lipinski definition) is 3. The van der Waals surface area contributed by atoms with E-state index in [0.717, 1.165) is 27.5 Å². The van der Waals surface area contributed by atoms with Crippen LogP contribution in [0.25, 0.3) is 11.0 Å². The monoisotopic (exact) mass is 393 g/mol. The lowest BCUT2D eigenvalue weighted by Crippen LogP contribution is -2.43. The second kappa shape index (κ2) is 6.95. The van der Waals surface area contributed by atoms with E-state index in [1.807, 2.05) is 0 Å². The molecule has 11 heteroatoms. The van der Waals surface area contributed by atoms with Crippen molar-refractivity contribution in [3.8, 4) is 0 Å². The van der Waals surface area contributed by atoms with Gasteiger partial charge in [-0.25, -0.2) is 9.18 Å². The highest BCUT2D eigenvalue weighted by molar-refractivity contribution is 5.79. The van der Waals surface area contributed by atoms with Crippen LogP contribution in [-0.2, 0) is 11.3 Å². The molecule has 0 amide bonds. The number of aliphatic hydroxyl groups is 3. The highest BCUT2D eigenvalue weighted by Gasteiger charge is 2.43. The molecule has 2 unspecified atom stereocenters. The van der Waals surface area contributed by atoms with Crippen LogP contribution in [0.4, 0.5) is 4.39 Å². The Balaban J connectivity index is 1.73. The summed E-state index contributed by atoms with van der Waals surface area (Å²) in [6.45, 7) is -0.809. The summed E-state index contributed by atoms with van der Waals surface area (Å²) in [5.41, 5.74) is -1.04. The Morgan fingerprint density at radius 3 is 2.68 bits per heavy atom. The second-order valence-electron chi connectivity index (χ2n) is 6.43. The fourth-order valence-corrected chi connectivity index (χ4v) is 3.21. The quantitative estimate of drug-likeness (QED) is 0.510. The molecule has 0 spiro atoms. The molecule has 1 aliphatic rings. The standard InChI is InChI=1S/C17H16FN3O7/c18-8-1-2-9-10(19-28-11(9)5-8)6-21-13(23)3-4-20(17(21)26)16-15(25)14(24)12(7-22)27-16/h1-5,12,14-16,22,24-25H,6-7H2/t12-,14?,15?,16-/m1/s1. The first-order chi connectivity index (χ1) is 13.4. The summed E-state index contributed by atoms with van der Waals surface area (Å²) in [7, 11) is 0. The molecule has 0 bridgehead atoms. The van der Waals surface area contributed by atoms with Gasteiger partial charge in [-0.2, -0.15) is 0 Å². The van der Waals surface area contributed by atoms with Crippen LogP contribution in [0.5, 0.6) is 0 Å². The molecular weight excluding hydrogens is 377 g/mol. The fraction of sp³-hybridized carbons (Fsp3) is 0.353. The lowest BCUT2D eigenvalue weighted by molar-refractivity contribution is -0.0555.